The van der Waals surface area contributed by atoms with Crippen LogP contribution in [0.25, 0.3) is 0 Å². The van der Waals surface area contributed by atoms with Crippen LogP contribution in [0, 0.1) is 0 Å². The number of nitrogens with two attached hydrogens (primary N) is 1. The van der Waals surface area contributed by atoms with E-state index in [1.165, 1.54) is 0 Å². The predicted octanol–water partition coefficient (Wildman–Crippen LogP) is 2.44. The zero-order chi connectivity index (χ0) is 16.2. The van der Waals surface area contributed by atoms with Gasteiger partial charge < -0.3 is 16.4 Å². The number of amides is 3. The molecule has 5 nitrogen and oxygen atoms in total. The van der Waals surface area contributed by atoms with E-state index >= 15 is 0 Å². The first-order valence-electron chi connectivity index (χ1n) is 6.43. The van der Waals surface area contributed by atoms with Gasteiger partial charge in [-0.05, 0) is 24.6 Å². The summed E-state index contributed by atoms with van der Waals surface area (Å²) in [5.74, 6) is -0.329. The SMILES string of the molecule is C[C@H](NC(N)=O)C(=O)NCC(C)(C)c1c(Cl)cccc1Cl. The van der Waals surface area contributed by atoms with Crippen LogP contribution in [0.3, 0.4) is 0 Å². The van der Waals surface area contributed by atoms with Crippen LogP contribution in [0.15, 0.2) is 18.2 Å². The van der Waals surface area contributed by atoms with Crippen molar-refractivity contribution in [3.8, 4) is 0 Å². The second kappa shape index (κ2) is 7.00. The van der Waals surface area contributed by atoms with Crippen LogP contribution in [-0.4, -0.2) is 24.5 Å². The summed E-state index contributed by atoms with van der Waals surface area (Å²) in [6, 6.07) is 3.82. The molecule has 0 aliphatic carbocycles. The van der Waals surface area contributed by atoms with Gasteiger partial charge in [0.05, 0.1) is 0 Å². The maximum absolute atomic E-state index is 11.9. The molecule has 0 aliphatic rings. The number of hydrogen-bond donors (Lipinski definition) is 3. The first-order valence-corrected chi connectivity index (χ1v) is 7.19. The average Bonchev–Trinajstić information content (AvgIpc) is 2.34. The Morgan fingerprint density at radius 2 is 1.81 bits per heavy atom. The largest absolute Gasteiger partial charge is 0.353 e. The fourth-order valence-electron chi connectivity index (χ4n) is 1.97. The highest BCUT2D eigenvalue weighted by Crippen LogP contribution is 2.35. The Balaban J connectivity index is 2.77. The molecular formula is C14H19Cl2N3O2. The van der Waals surface area contributed by atoms with E-state index in [0.717, 1.165) is 5.56 Å². The normalized spacial score (nSPS) is 12.6. The Labute approximate surface area is 134 Å². The number of carbonyl (C=O) groups excluding carboxylic acids is 2. The number of nitrogens with one attached hydrogen (secondary N) is 2. The van der Waals surface area contributed by atoms with Crippen molar-refractivity contribution < 1.29 is 9.59 Å². The van der Waals surface area contributed by atoms with E-state index < -0.39 is 17.5 Å². The molecule has 21 heavy (non-hydrogen) atoms. The first kappa shape index (κ1) is 17.6. The Morgan fingerprint density at radius 1 is 1.29 bits per heavy atom. The highest BCUT2D eigenvalue weighted by atomic mass is 35.5. The number of urea groups is 1. The highest BCUT2D eigenvalue weighted by molar-refractivity contribution is 6.36. The van der Waals surface area contributed by atoms with Crippen molar-refractivity contribution in [1.29, 1.82) is 0 Å². The van der Waals surface area contributed by atoms with Gasteiger partial charge in [0.2, 0.25) is 5.91 Å². The fraction of sp³-hybridized carbons (Fsp3) is 0.429. The van der Waals surface area contributed by atoms with Gasteiger partial charge in [0.1, 0.15) is 6.04 Å². The van der Waals surface area contributed by atoms with Crippen molar-refractivity contribution in [2.75, 3.05) is 6.54 Å². The van der Waals surface area contributed by atoms with Crippen molar-refractivity contribution in [1.82, 2.24) is 10.6 Å². The lowest BCUT2D eigenvalue weighted by Crippen LogP contribution is -2.49. The molecular weight excluding hydrogens is 313 g/mol. The van der Waals surface area contributed by atoms with Crippen molar-refractivity contribution in [3.05, 3.63) is 33.8 Å². The minimum atomic E-state index is -0.744. The van der Waals surface area contributed by atoms with Crippen LogP contribution in [0.4, 0.5) is 4.79 Å². The van der Waals surface area contributed by atoms with Gasteiger partial charge >= 0.3 is 6.03 Å². The average molecular weight is 332 g/mol. The second-order valence-electron chi connectivity index (χ2n) is 5.43. The second-order valence-corrected chi connectivity index (χ2v) is 6.24. The van der Waals surface area contributed by atoms with Gasteiger partial charge in [-0.1, -0.05) is 43.1 Å². The molecule has 0 bridgehead atoms. The summed E-state index contributed by atoms with van der Waals surface area (Å²) in [5, 5.41) is 6.16. The predicted molar refractivity (Wildman–Crippen MR) is 84.7 cm³/mol. The summed E-state index contributed by atoms with van der Waals surface area (Å²) in [6.45, 7) is 5.72. The summed E-state index contributed by atoms with van der Waals surface area (Å²) < 4.78 is 0. The number of primary amides is 1. The molecule has 1 rings (SSSR count). The molecule has 0 aliphatic heterocycles. The molecule has 0 saturated carbocycles. The molecule has 0 heterocycles. The van der Waals surface area contributed by atoms with Gasteiger partial charge in [-0.3, -0.25) is 4.79 Å². The van der Waals surface area contributed by atoms with Gasteiger partial charge in [0.25, 0.3) is 0 Å². The van der Waals surface area contributed by atoms with Crippen molar-refractivity contribution in [2.24, 2.45) is 5.73 Å². The van der Waals surface area contributed by atoms with Gasteiger partial charge in [-0.15, -0.1) is 0 Å². The monoisotopic (exact) mass is 331 g/mol. The summed E-state index contributed by atoms with van der Waals surface area (Å²) in [5.41, 5.74) is 5.29. The molecule has 4 N–H and O–H groups in total. The van der Waals surface area contributed by atoms with E-state index in [2.05, 4.69) is 10.6 Å². The Morgan fingerprint density at radius 3 is 2.29 bits per heavy atom. The molecule has 0 fully saturated rings. The van der Waals surface area contributed by atoms with Gasteiger partial charge in [-0.2, -0.15) is 0 Å². The molecule has 7 heteroatoms. The molecule has 0 unspecified atom stereocenters. The number of benzene rings is 1. The third kappa shape index (κ3) is 4.79. The summed E-state index contributed by atoms with van der Waals surface area (Å²) in [6.07, 6.45) is 0. The maximum Gasteiger partial charge on any atom is 0.312 e. The third-order valence-electron chi connectivity index (χ3n) is 3.10. The van der Waals surface area contributed by atoms with Crippen molar-refractivity contribution in [2.45, 2.75) is 32.2 Å². The van der Waals surface area contributed by atoms with Crippen LogP contribution >= 0.6 is 23.2 Å². The summed E-state index contributed by atoms with van der Waals surface area (Å²) in [7, 11) is 0. The van der Waals surface area contributed by atoms with E-state index in [-0.39, 0.29) is 5.91 Å². The molecule has 0 radical (unpaired) electrons. The Bertz CT molecular complexity index is 527. The molecule has 3 amide bonds. The van der Waals surface area contributed by atoms with E-state index in [0.29, 0.717) is 16.6 Å². The number of rotatable bonds is 5. The molecule has 0 aromatic heterocycles. The zero-order valence-corrected chi connectivity index (χ0v) is 13.7. The van der Waals surface area contributed by atoms with Crippen molar-refractivity contribution >= 4 is 35.1 Å². The molecule has 0 spiro atoms. The fourth-order valence-corrected chi connectivity index (χ4v) is 2.88. The lowest BCUT2D eigenvalue weighted by molar-refractivity contribution is -0.122. The lowest BCUT2D eigenvalue weighted by Gasteiger charge is -2.28. The molecule has 1 aromatic carbocycles. The quantitative estimate of drug-likeness (QED) is 0.774. The van der Waals surface area contributed by atoms with Crippen LogP contribution in [-0.2, 0) is 10.2 Å². The van der Waals surface area contributed by atoms with Gasteiger partial charge in [-0.25, -0.2) is 4.79 Å². The van der Waals surface area contributed by atoms with E-state index in [1.54, 1.807) is 25.1 Å². The first-order chi connectivity index (χ1) is 9.65. The van der Waals surface area contributed by atoms with Crippen molar-refractivity contribution in [3.63, 3.8) is 0 Å². The molecule has 1 aromatic rings. The number of carbonyl (C=O) groups is 2. The van der Waals surface area contributed by atoms with Crippen LogP contribution in [0.2, 0.25) is 10.0 Å². The highest BCUT2D eigenvalue weighted by Gasteiger charge is 2.27. The van der Waals surface area contributed by atoms with Gasteiger partial charge in [0.15, 0.2) is 0 Å². The lowest BCUT2D eigenvalue weighted by atomic mass is 9.84. The zero-order valence-electron chi connectivity index (χ0n) is 12.2. The summed E-state index contributed by atoms with van der Waals surface area (Å²) >= 11 is 12.4. The molecule has 1 atom stereocenters. The molecule has 0 saturated heterocycles. The third-order valence-corrected chi connectivity index (χ3v) is 3.73. The van der Waals surface area contributed by atoms with E-state index in [9.17, 15) is 9.59 Å². The number of hydrogen-bond acceptors (Lipinski definition) is 2. The van der Waals surface area contributed by atoms with E-state index in [4.69, 9.17) is 28.9 Å². The van der Waals surface area contributed by atoms with Crippen LogP contribution in [0.5, 0.6) is 0 Å². The smallest absolute Gasteiger partial charge is 0.312 e. The summed E-state index contributed by atoms with van der Waals surface area (Å²) in [4.78, 5) is 22.6. The molecule has 116 valence electrons. The standard InChI is InChI=1S/C14H19Cl2N3O2/c1-8(19-13(17)21)12(20)18-7-14(2,3)11-9(15)5-4-6-10(11)16/h4-6,8H,7H2,1-3H3,(H,18,20)(H3,17,19,21)/t8-/m0/s1. The maximum atomic E-state index is 11.9. The number of halogens is 2. The van der Waals surface area contributed by atoms with Crippen LogP contribution < -0.4 is 16.4 Å². The Kier molecular flexibility index (Phi) is 5.87. The minimum absolute atomic E-state index is 0.320. The van der Waals surface area contributed by atoms with Gasteiger partial charge in [0, 0.05) is 22.0 Å². The topological polar surface area (TPSA) is 84.2 Å². The Hall–Kier alpha value is -1.46. The minimum Gasteiger partial charge on any atom is -0.353 e. The van der Waals surface area contributed by atoms with E-state index in [1.807, 2.05) is 13.8 Å². The van der Waals surface area contributed by atoms with Crippen LogP contribution in [0.1, 0.15) is 26.3 Å².